The number of aromatic amines is 1. The van der Waals surface area contributed by atoms with Crippen LogP contribution >= 0.6 is 11.6 Å². The molecule has 0 aliphatic carbocycles. The maximum absolute atomic E-state index is 11.4. The van der Waals surface area contributed by atoms with E-state index in [0.717, 1.165) is 10.9 Å². The first kappa shape index (κ1) is 20.3. The third kappa shape index (κ3) is 6.31. The Hall–Kier alpha value is -2.79. The zero-order chi connectivity index (χ0) is 18.7. The molecule has 0 spiro atoms. The molecular weight excluding hydrogens is 340 g/mol. The van der Waals surface area contributed by atoms with E-state index in [1.54, 1.807) is 37.5 Å². The average molecular weight is 361 g/mol. The zero-order valence-electron chi connectivity index (χ0n) is 14.4. The number of H-pyrrole nitrogens is 1. The highest BCUT2D eigenvalue weighted by molar-refractivity contribution is 6.61. The third-order valence-corrected chi connectivity index (χ3v) is 3.08. The Morgan fingerprint density at radius 1 is 1.00 bits per heavy atom. The van der Waals surface area contributed by atoms with Crippen LogP contribution in [0.4, 0.5) is 4.79 Å². The second-order valence-electron chi connectivity index (χ2n) is 4.48. The van der Waals surface area contributed by atoms with Gasteiger partial charge in [-0.25, -0.2) is 4.79 Å². The van der Waals surface area contributed by atoms with Crippen molar-refractivity contribution in [3.05, 3.63) is 66.4 Å². The maximum Gasteiger partial charge on any atom is 0.409 e. The number of benzene rings is 2. The summed E-state index contributed by atoms with van der Waals surface area (Å²) in [6, 6.07) is 16.4. The first-order chi connectivity index (χ1) is 12.1. The minimum atomic E-state index is -0.814. The molecule has 2 N–H and O–H groups in total. The van der Waals surface area contributed by atoms with Gasteiger partial charge in [0.15, 0.2) is 0 Å². The van der Waals surface area contributed by atoms with Crippen LogP contribution in [-0.4, -0.2) is 23.4 Å². The van der Waals surface area contributed by atoms with Gasteiger partial charge in [0.2, 0.25) is 0 Å². The second kappa shape index (κ2) is 10.9. The van der Waals surface area contributed by atoms with E-state index in [1.807, 2.05) is 44.2 Å². The van der Waals surface area contributed by atoms with Crippen molar-refractivity contribution in [3.8, 4) is 5.75 Å². The van der Waals surface area contributed by atoms with Gasteiger partial charge in [-0.2, -0.15) is 0 Å². The number of aromatic nitrogens is 1. The number of carbonyl (C=O) groups excluding carboxylic acids is 2. The Labute approximate surface area is 152 Å². The van der Waals surface area contributed by atoms with Crippen molar-refractivity contribution in [2.45, 2.75) is 13.8 Å². The van der Waals surface area contributed by atoms with Gasteiger partial charge in [0.1, 0.15) is 5.75 Å². The Bertz CT molecular complexity index is 801. The van der Waals surface area contributed by atoms with Crippen LogP contribution in [0.5, 0.6) is 5.75 Å². The van der Waals surface area contributed by atoms with Crippen molar-refractivity contribution in [3.63, 3.8) is 0 Å². The molecule has 25 heavy (non-hydrogen) atoms. The molecule has 0 atom stereocenters. The number of rotatable bonds is 2. The molecule has 0 unspecified atom stereocenters. The lowest BCUT2D eigenvalue weighted by atomic mass is 10.2. The molecule has 0 radical (unpaired) electrons. The van der Waals surface area contributed by atoms with Crippen LogP contribution in [0.25, 0.3) is 10.9 Å². The summed E-state index contributed by atoms with van der Waals surface area (Å²) in [7, 11) is 1.63. The highest BCUT2D eigenvalue weighted by atomic mass is 35.5. The van der Waals surface area contributed by atoms with E-state index in [0.29, 0.717) is 11.3 Å². The van der Waals surface area contributed by atoms with Crippen LogP contribution in [0, 0.1) is 0 Å². The van der Waals surface area contributed by atoms with Crippen LogP contribution in [0.3, 0.4) is 0 Å². The van der Waals surface area contributed by atoms with Crippen LogP contribution in [0.1, 0.15) is 24.2 Å². The van der Waals surface area contributed by atoms with Crippen molar-refractivity contribution < 1.29 is 14.3 Å². The van der Waals surface area contributed by atoms with Crippen LogP contribution in [-0.2, 0) is 0 Å². The zero-order valence-corrected chi connectivity index (χ0v) is 15.1. The van der Waals surface area contributed by atoms with Crippen LogP contribution in [0.15, 0.2) is 60.8 Å². The monoisotopic (exact) mass is 360 g/mol. The van der Waals surface area contributed by atoms with E-state index in [-0.39, 0.29) is 5.91 Å². The Kier molecular flexibility index (Phi) is 8.82. The molecule has 0 saturated carbocycles. The van der Waals surface area contributed by atoms with Crippen LogP contribution < -0.4 is 10.1 Å². The predicted octanol–water partition coefficient (Wildman–Crippen LogP) is 4.98. The molecule has 0 saturated heterocycles. The van der Waals surface area contributed by atoms with Gasteiger partial charge in [0.25, 0.3) is 5.91 Å². The topological polar surface area (TPSA) is 71.2 Å². The number of halogens is 1. The molecule has 0 bridgehead atoms. The number of hydrogen-bond donors (Lipinski definition) is 2. The van der Waals surface area contributed by atoms with E-state index >= 15 is 0 Å². The molecule has 0 fully saturated rings. The van der Waals surface area contributed by atoms with E-state index in [4.69, 9.17) is 11.6 Å². The summed E-state index contributed by atoms with van der Waals surface area (Å²) in [5.41, 5.74) is 0.866. The summed E-state index contributed by atoms with van der Waals surface area (Å²) in [6.07, 6.45) is 1.73. The van der Waals surface area contributed by atoms with Crippen molar-refractivity contribution in [1.29, 1.82) is 0 Å². The molecule has 0 aliphatic heterocycles. The average Bonchev–Trinajstić information content (AvgIpc) is 3.08. The quantitative estimate of drug-likeness (QED) is 0.633. The van der Waals surface area contributed by atoms with Gasteiger partial charge in [-0.15, -0.1) is 0 Å². The molecular formula is C19H21ClN2O3. The number of para-hydroxylation sites is 2. The summed E-state index contributed by atoms with van der Waals surface area (Å²) in [5.74, 6) is 0.403. The molecule has 3 aromatic rings. The highest BCUT2D eigenvalue weighted by Crippen LogP contribution is 2.16. The summed E-state index contributed by atoms with van der Waals surface area (Å²) < 4.78 is 4.54. The summed E-state index contributed by atoms with van der Waals surface area (Å²) in [4.78, 5) is 24.6. The van der Waals surface area contributed by atoms with Gasteiger partial charge in [-0.1, -0.05) is 50.2 Å². The fraction of sp³-hybridized carbons (Fsp3) is 0.158. The molecule has 6 heteroatoms. The summed E-state index contributed by atoms with van der Waals surface area (Å²) in [5, 5.41) is 3.56. The van der Waals surface area contributed by atoms with E-state index in [9.17, 15) is 9.59 Å². The molecule has 1 heterocycles. The SMILES string of the molecule is CC.CNC(=O)c1c[nH]c2ccccc12.O=C(Cl)Oc1ccccc1. The highest BCUT2D eigenvalue weighted by Gasteiger charge is 2.08. The molecule has 132 valence electrons. The lowest BCUT2D eigenvalue weighted by molar-refractivity contribution is 0.0964. The van der Waals surface area contributed by atoms with E-state index in [1.165, 1.54) is 0 Å². The number of amides is 1. The number of fused-ring (bicyclic) bond motifs is 1. The van der Waals surface area contributed by atoms with Crippen molar-refractivity contribution in [2.75, 3.05) is 7.05 Å². The maximum atomic E-state index is 11.4. The summed E-state index contributed by atoms with van der Waals surface area (Å²) in [6.45, 7) is 4.00. The lowest BCUT2D eigenvalue weighted by Gasteiger charge is -1.95. The normalized spacial score (nSPS) is 9.12. The molecule has 0 aliphatic rings. The first-order valence-corrected chi connectivity index (χ1v) is 8.20. The minimum absolute atomic E-state index is 0.0579. The number of carbonyl (C=O) groups is 2. The fourth-order valence-electron chi connectivity index (χ4n) is 1.98. The van der Waals surface area contributed by atoms with Gasteiger partial charge in [-0.3, -0.25) is 4.79 Å². The second-order valence-corrected chi connectivity index (χ2v) is 4.79. The Morgan fingerprint density at radius 3 is 2.20 bits per heavy atom. The van der Waals surface area contributed by atoms with Crippen LogP contribution in [0.2, 0.25) is 0 Å². The molecule has 3 rings (SSSR count). The van der Waals surface area contributed by atoms with Crippen molar-refractivity contribution >= 4 is 33.8 Å². The van der Waals surface area contributed by atoms with Gasteiger partial charge in [-0.05, 0) is 18.2 Å². The van der Waals surface area contributed by atoms with Crippen molar-refractivity contribution in [2.24, 2.45) is 0 Å². The summed E-state index contributed by atoms with van der Waals surface area (Å²) >= 11 is 4.95. The molecule has 5 nitrogen and oxygen atoms in total. The number of hydrogen-bond acceptors (Lipinski definition) is 3. The van der Waals surface area contributed by atoms with Gasteiger partial charge >= 0.3 is 5.43 Å². The predicted molar refractivity (Wildman–Crippen MR) is 101 cm³/mol. The largest absolute Gasteiger partial charge is 0.415 e. The number of ether oxygens (including phenoxy) is 1. The van der Waals surface area contributed by atoms with E-state index in [2.05, 4.69) is 15.0 Å². The van der Waals surface area contributed by atoms with Gasteiger partial charge in [0, 0.05) is 35.7 Å². The third-order valence-electron chi connectivity index (χ3n) is 3.00. The molecule has 1 amide bonds. The van der Waals surface area contributed by atoms with Gasteiger partial charge < -0.3 is 15.0 Å². The molecule has 2 aromatic carbocycles. The van der Waals surface area contributed by atoms with Crippen molar-refractivity contribution in [1.82, 2.24) is 10.3 Å². The molecule has 1 aromatic heterocycles. The lowest BCUT2D eigenvalue weighted by Crippen LogP contribution is -2.17. The van der Waals surface area contributed by atoms with E-state index < -0.39 is 5.43 Å². The Balaban J connectivity index is 0.000000235. The minimum Gasteiger partial charge on any atom is -0.415 e. The van der Waals surface area contributed by atoms with Gasteiger partial charge in [0.05, 0.1) is 5.56 Å². The first-order valence-electron chi connectivity index (χ1n) is 7.82. The smallest absolute Gasteiger partial charge is 0.409 e. The Morgan fingerprint density at radius 2 is 1.60 bits per heavy atom. The number of nitrogens with one attached hydrogen (secondary N) is 2. The standard InChI is InChI=1S/C10H10N2O.C7H5ClO2.C2H6/c1-11-10(13)8-6-12-9-5-3-2-4-7(8)9;8-7(9)10-6-4-2-1-3-5-6;1-2/h2-6,12H,1H3,(H,11,13);1-5H;1-2H3. The fourth-order valence-corrected chi connectivity index (χ4v) is 2.06.